The van der Waals surface area contributed by atoms with Gasteiger partial charge in [0.1, 0.15) is 5.75 Å². The Labute approximate surface area is 210 Å². The maximum absolute atomic E-state index is 12.1. The van der Waals surface area contributed by atoms with E-state index in [2.05, 4.69) is 47.7 Å². The molecule has 0 aromatic heterocycles. The van der Waals surface area contributed by atoms with Gasteiger partial charge in [0.2, 0.25) is 5.91 Å². The van der Waals surface area contributed by atoms with Crippen LogP contribution in [0.5, 0.6) is 17.2 Å². The Morgan fingerprint density at radius 2 is 1.70 bits per heavy atom. The molecule has 0 spiro atoms. The van der Waals surface area contributed by atoms with Crippen molar-refractivity contribution in [2.45, 2.75) is 26.7 Å². The van der Waals surface area contributed by atoms with E-state index in [-0.39, 0.29) is 18.9 Å². The number of hydrazone groups is 1. The Morgan fingerprint density at radius 1 is 0.970 bits per heavy atom. The van der Waals surface area contributed by atoms with Gasteiger partial charge in [0, 0.05) is 16.7 Å². The first-order valence-corrected chi connectivity index (χ1v) is 11.7. The zero-order valence-electron chi connectivity index (χ0n) is 19.0. The summed E-state index contributed by atoms with van der Waals surface area (Å²) in [7, 11) is 3.16. The lowest BCUT2D eigenvalue weighted by atomic mass is 10.1. The van der Waals surface area contributed by atoms with Gasteiger partial charge in [0.25, 0.3) is 5.91 Å². The van der Waals surface area contributed by atoms with Crippen molar-refractivity contribution in [3.05, 3.63) is 50.4 Å². The molecular weight excluding hydrogens is 558 g/mol. The Balaban J connectivity index is 1.73. The third-order valence-corrected chi connectivity index (χ3v) is 6.02. The summed E-state index contributed by atoms with van der Waals surface area (Å²) < 4.78 is 17.7. The number of methoxy groups -OCH3 is 2. The molecule has 2 rings (SSSR count). The summed E-state index contributed by atoms with van der Waals surface area (Å²) in [5.74, 6) is 1.25. The van der Waals surface area contributed by atoms with Gasteiger partial charge in [0.05, 0.1) is 25.1 Å². The van der Waals surface area contributed by atoms with E-state index in [0.717, 1.165) is 20.1 Å². The summed E-state index contributed by atoms with van der Waals surface area (Å²) in [5, 5.41) is 6.81. The fraction of sp³-hybridized carbons (Fsp3) is 0.348. The highest BCUT2D eigenvalue weighted by Crippen LogP contribution is 2.31. The van der Waals surface area contributed by atoms with Crippen molar-refractivity contribution >= 4 is 49.4 Å². The van der Waals surface area contributed by atoms with Crippen LogP contribution >= 0.6 is 31.9 Å². The lowest BCUT2D eigenvalue weighted by Gasteiger charge is -2.10. The molecule has 0 unspecified atom stereocenters. The molecule has 0 aliphatic carbocycles. The number of carbonyl (C=O) groups is 2. The van der Waals surface area contributed by atoms with E-state index in [1.807, 2.05) is 37.3 Å². The Kier molecular flexibility index (Phi) is 10.7. The highest BCUT2D eigenvalue weighted by atomic mass is 79.9. The minimum atomic E-state index is -0.421. The number of hydrogen-bond acceptors (Lipinski definition) is 6. The summed E-state index contributed by atoms with van der Waals surface area (Å²) in [6.07, 6.45) is 0.714. The lowest BCUT2D eigenvalue weighted by molar-refractivity contribution is -0.123. The van der Waals surface area contributed by atoms with Crippen LogP contribution in [0, 0.1) is 6.92 Å². The number of ether oxygens (including phenoxy) is 3. The monoisotopic (exact) mass is 583 g/mol. The smallest absolute Gasteiger partial charge is 0.277 e. The van der Waals surface area contributed by atoms with Gasteiger partial charge in [-0.1, -0.05) is 22.0 Å². The second-order valence-corrected chi connectivity index (χ2v) is 8.88. The van der Waals surface area contributed by atoms with E-state index in [9.17, 15) is 9.59 Å². The molecule has 2 amide bonds. The van der Waals surface area contributed by atoms with Gasteiger partial charge in [0.15, 0.2) is 18.1 Å². The fourth-order valence-corrected chi connectivity index (χ4v) is 3.90. The van der Waals surface area contributed by atoms with Gasteiger partial charge < -0.3 is 19.5 Å². The van der Waals surface area contributed by atoms with Gasteiger partial charge >= 0.3 is 0 Å². The van der Waals surface area contributed by atoms with Gasteiger partial charge in [-0.2, -0.15) is 5.10 Å². The molecule has 2 aromatic carbocycles. The van der Waals surface area contributed by atoms with Crippen LogP contribution in [-0.2, 0) is 16.0 Å². The minimum absolute atomic E-state index is 0.0739. The summed E-state index contributed by atoms with van der Waals surface area (Å²) in [5.41, 5.74) is 4.88. The van der Waals surface area contributed by atoms with E-state index in [0.29, 0.717) is 35.9 Å². The van der Waals surface area contributed by atoms with Crippen molar-refractivity contribution in [2.75, 3.05) is 27.4 Å². The van der Waals surface area contributed by atoms with E-state index < -0.39 is 5.91 Å². The second kappa shape index (κ2) is 13.2. The largest absolute Gasteiger partial charge is 0.493 e. The van der Waals surface area contributed by atoms with Crippen molar-refractivity contribution in [2.24, 2.45) is 5.10 Å². The average molecular weight is 585 g/mol. The number of halogens is 2. The molecule has 0 bridgehead atoms. The first-order chi connectivity index (χ1) is 15.7. The van der Waals surface area contributed by atoms with Crippen molar-refractivity contribution in [3.63, 3.8) is 0 Å². The topological polar surface area (TPSA) is 98.2 Å². The standard InChI is InChI=1S/C23H27Br2N3O5/c1-14-9-20(18(25)12-17(14)24)33-13-23(30)28-27-15(2)10-22(29)26-8-7-16-5-6-19(31-3)21(11-16)32-4/h5-6,9,11-12H,7-8,10,13H2,1-4H3,(H,26,29)(H,28,30)/b27-15-. The van der Waals surface area contributed by atoms with Crippen molar-refractivity contribution in [1.29, 1.82) is 0 Å². The number of amides is 2. The Bertz CT molecular complexity index is 1030. The van der Waals surface area contributed by atoms with E-state index in [1.54, 1.807) is 21.1 Å². The highest BCUT2D eigenvalue weighted by molar-refractivity contribution is 9.11. The van der Waals surface area contributed by atoms with Gasteiger partial charge in [-0.25, -0.2) is 5.43 Å². The number of benzene rings is 2. The van der Waals surface area contributed by atoms with E-state index in [1.165, 1.54) is 0 Å². The maximum Gasteiger partial charge on any atom is 0.277 e. The number of carbonyl (C=O) groups excluding carboxylic acids is 2. The molecule has 0 atom stereocenters. The van der Waals surface area contributed by atoms with Gasteiger partial charge in [-0.15, -0.1) is 0 Å². The van der Waals surface area contributed by atoms with Crippen molar-refractivity contribution in [3.8, 4) is 17.2 Å². The third kappa shape index (κ3) is 8.70. The predicted molar refractivity (Wildman–Crippen MR) is 134 cm³/mol. The van der Waals surface area contributed by atoms with Crippen molar-refractivity contribution < 1.29 is 23.8 Å². The molecule has 2 N–H and O–H groups in total. The summed E-state index contributed by atoms with van der Waals surface area (Å²) in [6, 6.07) is 9.31. The molecule has 0 radical (unpaired) electrons. The number of hydrogen-bond donors (Lipinski definition) is 2. The lowest BCUT2D eigenvalue weighted by Crippen LogP contribution is -2.29. The highest BCUT2D eigenvalue weighted by Gasteiger charge is 2.09. The van der Waals surface area contributed by atoms with E-state index >= 15 is 0 Å². The summed E-state index contributed by atoms with van der Waals surface area (Å²) in [4.78, 5) is 24.1. The minimum Gasteiger partial charge on any atom is -0.493 e. The Morgan fingerprint density at radius 3 is 2.39 bits per heavy atom. The number of nitrogens with zero attached hydrogens (tertiary/aromatic N) is 1. The molecular formula is C23H27Br2N3O5. The van der Waals surface area contributed by atoms with Crippen LogP contribution in [-0.4, -0.2) is 44.9 Å². The second-order valence-electron chi connectivity index (χ2n) is 7.17. The van der Waals surface area contributed by atoms with Crippen LogP contribution in [0.2, 0.25) is 0 Å². The van der Waals surface area contributed by atoms with Gasteiger partial charge in [-0.05, 0) is 71.6 Å². The fourth-order valence-electron chi connectivity index (χ4n) is 2.79. The van der Waals surface area contributed by atoms with Crippen LogP contribution < -0.4 is 25.0 Å². The molecule has 0 fully saturated rings. The molecule has 0 aliphatic heterocycles. The van der Waals surface area contributed by atoms with Crippen LogP contribution in [0.1, 0.15) is 24.5 Å². The molecule has 33 heavy (non-hydrogen) atoms. The van der Waals surface area contributed by atoms with Crippen LogP contribution in [0.15, 0.2) is 44.4 Å². The quantitative estimate of drug-likeness (QED) is 0.305. The number of nitrogens with one attached hydrogen (secondary N) is 2. The summed E-state index contributed by atoms with van der Waals surface area (Å²) >= 11 is 6.83. The number of rotatable bonds is 11. The van der Waals surface area contributed by atoms with Crippen LogP contribution in [0.4, 0.5) is 0 Å². The van der Waals surface area contributed by atoms with Crippen molar-refractivity contribution in [1.82, 2.24) is 10.7 Å². The zero-order valence-corrected chi connectivity index (χ0v) is 22.1. The molecule has 0 heterocycles. The van der Waals surface area contributed by atoms with Crippen LogP contribution in [0.25, 0.3) is 0 Å². The number of aryl methyl sites for hydroxylation is 1. The third-order valence-electron chi connectivity index (χ3n) is 4.54. The maximum atomic E-state index is 12.1. The Hall–Kier alpha value is -2.59. The molecule has 0 aliphatic rings. The first-order valence-electron chi connectivity index (χ1n) is 10.1. The molecule has 2 aromatic rings. The van der Waals surface area contributed by atoms with E-state index in [4.69, 9.17) is 14.2 Å². The predicted octanol–water partition coefficient (Wildman–Crippen LogP) is 4.16. The normalized spacial score (nSPS) is 11.0. The molecule has 8 nitrogen and oxygen atoms in total. The van der Waals surface area contributed by atoms with Gasteiger partial charge in [-0.3, -0.25) is 9.59 Å². The zero-order chi connectivity index (χ0) is 24.4. The molecule has 178 valence electrons. The SMILES string of the molecule is COc1ccc(CCNC(=O)C/C(C)=N\NC(=O)COc2cc(C)c(Br)cc2Br)cc1OC. The molecule has 0 saturated carbocycles. The average Bonchev–Trinajstić information content (AvgIpc) is 2.79. The summed E-state index contributed by atoms with van der Waals surface area (Å²) in [6.45, 7) is 3.86. The van der Waals surface area contributed by atoms with Crippen LogP contribution in [0.3, 0.4) is 0 Å². The first kappa shape index (κ1) is 26.7. The molecule has 10 heteroatoms. The molecule has 0 saturated heterocycles.